The van der Waals surface area contributed by atoms with E-state index in [1.165, 1.54) is 75.2 Å². The maximum Gasteiger partial charge on any atom is 0.0399 e. The van der Waals surface area contributed by atoms with Crippen molar-refractivity contribution in [2.45, 2.75) is 38.6 Å². The van der Waals surface area contributed by atoms with Gasteiger partial charge in [-0.1, -0.05) is 12.1 Å². The van der Waals surface area contributed by atoms with Gasteiger partial charge in [-0.3, -0.25) is 0 Å². The molecule has 1 aromatic carbocycles. The Morgan fingerprint density at radius 3 is 2.65 bits per heavy atom. The predicted octanol–water partition coefficient (Wildman–Crippen LogP) is 2.55. The third kappa shape index (κ3) is 2.99. The second kappa shape index (κ2) is 6.15. The lowest BCUT2D eigenvalue weighted by molar-refractivity contribution is 0.343. The number of likely N-dealkylation sites (tertiary alicyclic amines) is 1. The van der Waals surface area contributed by atoms with Crippen molar-refractivity contribution in [3.8, 4) is 0 Å². The minimum atomic E-state index is 0.139. The summed E-state index contributed by atoms with van der Waals surface area (Å²) in [6.45, 7) is 8.25. The van der Waals surface area contributed by atoms with Crippen molar-refractivity contribution >= 4 is 5.69 Å². The summed E-state index contributed by atoms with van der Waals surface area (Å²) in [4.78, 5) is 5.17. The minimum Gasteiger partial charge on any atom is -0.370 e. The van der Waals surface area contributed by atoms with Gasteiger partial charge in [0.1, 0.15) is 0 Å². The van der Waals surface area contributed by atoms with E-state index in [0.717, 1.165) is 0 Å². The fourth-order valence-corrected chi connectivity index (χ4v) is 3.48. The molecular formula is C17H27N3. The van der Waals surface area contributed by atoms with Crippen LogP contribution >= 0.6 is 0 Å². The van der Waals surface area contributed by atoms with E-state index in [-0.39, 0.29) is 6.04 Å². The first-order valence-corrected chi connectivity index (χ1v) is 8.10. The van der Waals surface area contributed by atoms with Gasteiger partial charge in [0.25, 0.3) is 0 Å². The van der Waals surface area contributed by atoms with Crippen LogP contribution in [0.5, 0.6) is 0 Å². The molecule has 1 unspecified atom stereocenters. The van der Waals surface area contributed by atoms with Crippen molar-refractivity contribution in [1.29, 1.82) is 0 Å². The van der Waals surface area contributed by atoms with Crippen LogP contribution in [0, 0.1) is 0 Å². The molecular weight excluding hydrogens is 246 g/mol. The third-order valence-electron chi connectivity index (χ3n) is 4.73. The maximum atomic E-state index is 6.00. The van der Waals surface area contributed by atoms with Gasteiger partial charge in [0, 0.05) is 31.4 Å². The van der Waals surface area contributed by atoms with Crippen molar-refractivity contribution in [1.82, 2.24) is 4.90 Å². The molecule has 2 aliphatic rings. The second-order valence-electron chi connectivity index (χ2n) is 6.32. The molecule has 0 saturated carbocycles. The van der Waals surface area contributed by atoms with E-state index in [9.17, 15) is 0 Å². The molecule has 1 aromatic rings. The van der Waals surface area contributed by atoms with Crippen LogP contribution in [0.15, 0.2) is 18.2 Å². The molecule has 0 spiro atoms. The number of aryl methyl sites for hydroxylation is 1. The Kier molecular flexibility index (Phi) is 4.27. The highest BCUT2D eigenvalue weighted by Crippen LogP contribution is 2.29. The maximum absolute atomic E-state index is 6.00. The summed E-state index contributed by atoms with van der Waals surface area (Å²) in [5, 5.41) is 0. The Hall–Kier alpha value is -1.06. The van der Waals surface area contributed by atoms with Gasteiger partial charge in [0.05, 0.1) is 0 Å². The highest BCUT2D eigenvalue weighted by Gasteiger charge is 2.19. The van der Waals surface area contributed by atoms with Crippen molar-refractivity contribution < 1.29 is 0 Å². The third-order valence-corrected chi connectivity index (χ3v) is 4.73. The lowest BCUT2D eigenvalue weighted by Crippen LogP contribution is -2.36. The van der Waals surface area contributed by atoms with E-state index >= 15 is 0 Å². The van der Waals surface area contributed by atoms with Crippen LogP contribution < -0.4 is 10.6 Å². The van der Waals surface area contributed by atoms with E-state index in [1.54, 1.807) is 0 Å². The lowest BCUT2D eigenvalue weighted by Gasteiger charge is -2.33. The largest absolute Gasteiger partial charge is 0.370 e. The summed E-state index contributed by atoms with van der Waals surface area (Å²) in [5.41, 5.74) is 10.2. The first-order chi connectivity index (χ1) is 9.74. The highest BCUT2D eigenvalue weighted by atomic mass is 15.2. The van der Waals surface area contributed by atoms with Crippen LogP contribution in [0.1, 0.15) is 43.4 Å². The average molecular weight is 273 g/mol. The summed E-state index contributed by atoms with van der Waals surface area (Å²) >= 11 is 0. The predicted molar refractivity (Wildman–Crippen MR) is 85.3 cm³/mol. The molecule has 0 bridgehead atoms. The lowest BCUT2D eigenvalue weighted by atomic mass is 9.97. The Bertz CT molecular complexity index is 450. The molecule has 0 amide bonds. The Morgan fingerprint density at radius 2 is 1.90 bits per heavy atom. The molecule has 1 saturated heterocycles. The number of nitrogens with two attached hydrogens (primary N) is 1. The van der Waals surface area contributed by atoms with Gasteiger partial charge in [0.15, 0.2) is 0 Å². The molecule has 3 rings (SSSR count). The molecule has 3 heteroatoms. The summed E-state index contributed by atoms with van der Waals surface area (Å²) in [6.07, 6.45) is 5.24. The number of nitrogens with zero attached hydrogens (tertiary/aromatic N) is 2. The van der Waals surface area contributed by atoms with Crippen LogP contribution in [-0.4, -0.2) is 37.6 Å². The van der Waals surface area contributed by atoms with Crippen LogP contribution in [-0.2, 0) is 6.42 Å². The van der Waals surface area contributed by atoms with Crippen molar-refractivity contribution in [2.75, 3.05) is 37.6 Å². The molecule has 2 N–H and O–H groups in total. The van der Waals surface area contributed by atoms with Gasteiger partial charge in [0.2, 0.25) is 0 Å². The van der Waals surface area contributed by atoms with Crippen molar-refractivity contribution in [3.63, 3.8) is 0 Å². The monoisotopic (exact) mass is 273 g/mol. The van der Waals surface area contributed by atoms with E-state index in [2.05, 4.69) is 34.9 Å². The quantitative estimate of drug-likeness (QED) is 0.915. The van der Waals surface area contributed by atoms with Gasteiger partial charge < -0.3 is 15.5 Å². The van der Waals surface area contributed by atoms with Gasteiger partial charge in [-0.25, -0.2) is 0 Å². The van der Waals surface area contributed by atoms with Gasteiger partial charge in [-0.2, -0.15) is 0 Å². The number of benzene rings is 1. The van der Waals surface area contributed by atoms with Crippen LogP contribution in [0.2, 0.25) is 0 Å². The number of anilines is 1. The number of fused-ring (bicyclic) bond motifs is 1. The second-order valence-corrected chi connectivity index (χ2v) is 6.32. The zero-order valence-corrected chi connectivity index (χ0v) is 12.6. The molecule has 0 aromatic heterocycles. The highest BCUT2D eigenvalue weighted by molar-refractivity contribution is 5.57. The number of hydrogen-bond acceptors (Lipinski definition) is 3. The fraction of sp³-hybridized carbons (Fsp3) is 0.647. The smallest absolute Gasteiger partial charge is 0.0399 e. The standard InChI is InChI=1S/C17H27N3/c1-14(18)15-6-7-17-16(13-15)5-4-10-20(17)12-11-19-8-2-3-9-19/h6-7,13-14H,2-5,8-12,18H2,1H3. The first-order valence-electron chi connectivity index (χ1n) is 8.10. The molecule has 20 heavy (non-hydrogen) atoms. The summed E-state index contributed by atoms with van der Waals surface area (Å²) in [6, 6.07) is 6.96. The van der Waals surface area contributed by atoms with Gasteiger partial charge >= 0.3 is 0 Å². The SMILES string of the molecule is CC(N)c1ccc2c(c1)CCCN2CCN1CCCC1. The molecule has 2 heterocycles. The zero-order valence-electron chi connectivity index (χ0n) is 12.6. The van der Waals surface area contributed by atoms with Crippen LogP contribution in [0.3, 0.4) is 0 Å². The topological polar surface area (TPSA) is 32.5 Å². The summed E-state index contributed by atoms with van der Waals surface area (Å²) in [7, 11) is 0. The molecule has 0 radical (unpaired) electrons. The van der Waals surface area contributed by atoms with Crippen LogP contribution in [0.4, 0.5) is 5.69 Å². The molecule has 1 atom stereocenters. The van der Waals surface area contributed by atoms with Crippen LogP contribution in [0.25, 0.3) is 0 Å². The molecule has 3 nitrogen and oxygen atoms in total. The van der Waals surface area contributed by atoms with Gasteiger partial charge in [-0.15, -0.1) is 0 Å². The fourth-order valence-electron chi connectivity index (χ4n) is 3.48. The minimum absolute atomic E-state index is 0.139. The molecule has 0 aliphatic carbocycles. The Labute approximate surface area is 122 Å². The van der Waals surface area contributed by atoms with Crippen molar-refractivity contribution in [2.24, 2.45) is 5.73 Å². The van der Waals surface area contributed by atoms with E-state index in [0.29, 0.717) is 0 Å². The van der Waals surface area contributed by atoms with Crippen molar-refractivity contribution in [3.05, 3.63) is 29.3 Å². The summed E-state index contributed by atoms with van der Waals surface area (Å²) < 4.78 is 0. The Balaban J connectivity index is 1.69. The summed E-state index contributed by atoms with van der Waals surface area (Å²) in [5.74, 6) is 0. The number of rotatable bonds is 4. The zero-order chi connectivity index (χ0) is 13.9. The number of hydrogen-bond donors (Lipinski definition) is 1. The van der Waals surface area contributed by atoms with Gasteiger partial charge in [-0.05, 0) is 62.9 Å². The molecule has 1 fully saturated rings. The first kappa shape index (κ1) is 13.9. The Morgan fingerprint density at radius 1 is 1.10 bits per heavy atom. The van der Waals surface area contributed by atoms with E-state index in [1.807, 2.05) is 0 Å². The molecule has 2 aliphatic heterocycles. The van der Waals surface area contributed by atoms with E-state index in [4.69, 9.17) is 5.73 Å². The normalized spacial score (nSPS) is 21.0. The molecule has 110 valence electrons. The average Bonchev–Trinajstić information content (AvgIpc) is 2.97. The van der Waals surface area contributed by atoms with E-state index < -0.39 is 0 Å².